The zero-order chi connectivity index (χ0) is 35.3. The van der Waals surface area contributed by atoms with Crippen molar-refractivity contribution in [3.63, 3.8) is 0 Å². The molecule has 0 fully saturated rings. The van der Waals surface area contributed by atoms with E-state index in [2.05, 4.69) is 200 Å². The normalized spacial score (nSPS) is 11.6. The molecule has 0 aliphatic carbocycles. The van der Waals surface area contributed by atoms with Gasteiger partial charge in [-0.15, -0.1) is 0 Å². The van der Waals surface area contributed by atoms with E-state index in [0.29, 0.717) is 0 Å². The fraction of sp³-hybridized carbons (Fsp3) is 0.0392. The van der Waals surface area contributed by atoms with Gasteiger partial charge in [0, 0.05) is 12.1 Å². The van der Waals surface area contributed by atoms with Crippen molar-refractivity contribution in [2.45, 2.75) is 13.3 Å². The lowest BCUT2D eigenvalue weighted by Crippen LogP contribution is -2.00. The summed E-state index contributed by atoms with van der Waals surface area (Å²) in [5.74, 6) is 1.07. The van der Waals surface area contributed by atoms with Gasteiger partial charge in [-0.2, -0.15) is 0 Å². The molecule has 0 bridgehead atoms. The first-order valence-electron chi connectivity index (χ1n) is 18.4. The smallest absolute Gasteiger partial charge is 0.114 e. The van der Waals surface area contributed by atoms with Crippen LogP contribution in [0, 0.1) is 0 Å². The third kappa shape index (κ3) is 5.22. The van der Waals surface area contributed by atoms with Gasteiger partial charge >= 0.3 is 0 Å². The molecule has 0 N–H and O–H groups in total. The Bertz CT molecular complexity index is 2960. The molecule has 10 aromatic rings. The van der Waals surface area contributed by atoms with Crippen LogP contribution in [-0.2, 0) is 6.42 Å². The maximum Gasteiger partial charge on any atom is 0.114 e. The molecular formula is C51H36N2. The second kappa shape index (κ2) is 12.8. The second-order valence-corrected chi connectivity index (χ2v) is 13.8. The summed E-state index contributed by atoms with van der Waals surface area (Å²) >= 11 is 0. The summed E-state index contributed by atoms with van der Waals surface area (Å²) in [5.41, 5.74) is 13.1. The van der Waals surface area contributed by atoms with Gasteiger partial charge in [0.25, 0.3) is 0 Å². The van der Waals surface area contributed by atoms with Crippen molar-refractivity contribution in [2.24, 2.45) is 0 Å². The Balaban J connectivity index is 1.27. The van der Waals surface area contributed by atoms with Crippen molar-refractivity contribution in [1.29, 1.82) is 0 Å². The molecule has 1 heterocycles. The van der Waals surface area contributed by atoms with E-state index in [1.807, 2.05) is 0 Å². The molecule has 10 rings (SSSR count). The van der Waals surface area contributed by atoms with E-state index in [0.717, 1.165) is 29.0 Å². The molecular weight excluding hydrogens is 641 g/mol. The number of hydrogen-bond donors (Lipinski definition) is 0. The van der Waals surface area contributed by atoms with Crippen LogP contribution in [0.3, 0.4) is 0 Å². The van der Waals surface area contributed by atoms with Crippen LogP contribution < -0.4 is 0 Å². The van der Waals surface area contributed by atoms with Gasteiger partial charge < -0.3 is 0 Å². The third-order valence-electron chi connectivity index (χ3n) is 10.7. The molecule has 0 aliphatic heterocycles. The standard InChI is InChI=1S/C51H36N2/c1-2-49-52-47-23-13-14-24-48(47)53(49)40-28-25-36(26-29-40)50-42-21-11-12-22-43(42)51(44-30-27-37(32-46(44)50)34-15-5-3-6-16-34)45-33-39(35-17-7-4-8-18-35)31-38-19-9-10-20-41(38)45/h3-33H,2H2,1H3. The van der Waals surface area contributed by atoms with E-state index in [4.69, 9.17) is 4.98 Å². The minimum atomic E-state index is 0.857. The van der Waals surface area contributed by atoms with Gasteiger partial charge in [0.1, 0.15) is 5.82 Å². The minimum Gasteiger partial charge on any atom is -0.296 e. The molecule has 0 unspecified atom stereocenters. The largest absolute Gasteiger partial charge is 0.296 e. The van der Waals surface area contributed by atoms with E-state index in [1.165, 1.54) is 76.8 Å². The summed E-state index contributed by atoms with van der Waals surface area (Å²) < 4.78 is 2.30. The Morgan fingerprint density at radius 1 is 0.415 bits per heavy atom. The molecule has 0 aliphatic rings. The lowest BCUT2D eigenvalue weighted by molar-refractivity contribution is 0.908. The first-order chi connectivity index (χ1) is 26.2. The lowest BCUT2D eigenvalue weighted by atomic mass is 9.83. The number of aromatic nitrogens is 2. The highest BCUT2D eigenvalue weighted by molar-refractivity contribution is 6.24. The Morgan fingerprint density at radius 2 is 1.00 bits per heavy atom. The lowest BCUT2D eigenvalue weighted by Gasteiger charge is -2.21. The van der Waals surface area contributed by atoms with Crippen LogP contribution in [0.1, 0.15) is 12.7 Å². The van der Waals surface area contributed by atoms with Crippen molar-refractivity contribution in [3.05, 3.63) is 194 Å². The molecule has 53 heavy (non-hydrogen) atoms. The summed E-state index contributed by atoms with van der Waals surface area (Å²) in [6.45, 7) is 2.18. The maximum atomic E-state index is 4.96. The van der Waals surface area contributed by atoms with Crippen LogP contribution in [0.4, 0.5) is 0 Å². The fourth-order valence-corrected chi connectivity index (χ4v) is 8.28. The van der Waals surface area contributed by atoms with Crippen LogP contribution in [0.25, 0.3) is 93.5 Å². The Morgan fingerprint density at radius 3 is 1.74 bits per heavy atom. The van der Waals surface area contributed by atoms with E-state index in [9.17, 15) is 0 Å². The first-order valence-corrected chi connectivity index (χ1v) is 18.4. The Hall–Kier alpha value is -6.77. The molecule has 0 amide bonds. The summed E-state index contributed by atoms with van der Waals surface area (Å²) in [6, 6.07) is 68.6. The molecule has 0 spiro atoms. The summed E-state index contributed by atoms with van der Waals surface area (Å²) in [5, 5.41) is 7.46. The van der Waals surface area contributed by atoms with E-state index in [-0.39, 0.29) is 0 Å². The van der Waals surface area contributed by atoms with Crippen LogP contribution >= 0.6 is 0 Å². The number of rotatable bonds is 6. The van der Waals surface area contributed by atoms with Gasteiger partial charge in [-0.3, -0.25) is 4.57 Å². The highest BCUT2D eigenvalue weighted by Gasteiger charge is 2.20. The Labute approximate surface area is 309 Å². The van der Waals surface area contributed by atoms with Gasteiger partial charge in [-0.1, -0.05) is 153 Å². The zero-order valence-corrected chi connectivity index (χ0v) is 29.5. The average molecular weight is 677 g/mol. The highest BCUT2D eigenvalue weighted by Crippen LogP contribution is 2.47. The number of imidazole rings is 1. The van der Waals surface area contributed by atoms with Gasteiger partial charge in [0.05, 0.1) is 11.0 Å². The van der Waals surface area contributed by atoms with E-state index < -0.39 is 0 Å². The quantitative estimate of drug-likeness (QED) is 0.160. The minimum absolute atomic E-state index is 0.857. The zero-order valence-electron chi connectivity index (χ0n) is 29.5. The number of nitrogens with zero attached hydrogens (tertiary/aromatic N) is 2. The van der Waals surface area contributed by atoms with Crippen LogP contribution in [0.15, 0.2) is 188 Å². The highest BCUT2D eigenvalue weighted by atomic mass is 15.1. The molecule has 2 heteroatoms. The number of benzene rings is 9. The third-order valence-corrected chi connectivity index (χ3v) is 10.7. The monoisotopic (exact) mass is 676 g/mol. The van der Waals surface area contributed by atoms with Gasteiger partial charge in [-0.05, 0) is 119 Å². The van der Waals surface area contributed by atoms with Crippen LogP contribution in [-0.4, -0.2) is 9.55 Å². The predicted octanol–water partition coefficient (Wildman–Crippen LogP) is 13.7. The number of aryl methyl sites for hydroxylation is 1. The number of fused-ring (bicyclic) bond motifs is 4. The summed E-state index contributed by atoms with van der Waals surface area (Å²) in [7, 11) is 0. The number of hydrogen-bond acceptors (Lipinski definition) is 1. The van der Waals surface area contributed by atoms with E-state index in [1.54, 1.807) is 0 Å². The van der Waals surface area contributed by atoms with Gasteiger partial charge in [-0.25, -0.2) is 4.98 Å². The summed E-state index contributed by atoms with van der Waals surface area (Å²) in [6.07, 6.45) is 0.857. The average Bonchev–Trinajstić information content (AvgIpc) is 3.62. The molecule has 2 nitrogen and oxygen atoms in total. The predicted molar refractivity (Wildman–Crippen MR) is 225 cm³/mol. The van der Waals surface area contributed by atoms with Crippen molar-refractivity contribution < 1.29 is 0 Å². The maximum absolute atomic E-state index is 4.96. The molecule has 0 saturated heterocycles. The topological polar surface area (TPSA) is 17.8 Å². The van der Waals surface area contributed by atoms with Gasteiger partial charge in [0.2, 0.25) is 0 Å². The van der Waals surface area contributed by atoms with E-state index >= 15 is 0 Å². The SMILES string of the molecule is CCc1nc2ccccc2n1-c1ccc(-c2c3ccccc3c(-c3cc(-c4ccccc4)cc4ccccc34)c3ccc(-c4ccccc4)cc23)cc1. The van der Waals surface area contributed by atoms with Crippen molar-refractivity contribution >= 4 is 43.4 Å². The van der Waals surface area contributed by atoms with Crippen LogP contribution in [0.2, 0.25) is 0 Å². The second-order valence-electron chi connectivity index (χ2n) is 13.8. The van der Waals surface area contributed by atoms with Crippen molar-refractivity contribution in [1.82, 2.24) is 9.55 Å². The molecule has 250 valence electrons. The summed E-state index contributed by atoms with van der Waals surface area (Å²) in [4.78, 5) is 4.96. The Kier molecular flexibility index (Phi) is 7.47. The molecule has 0 atom stereocenters. The van der Waals surface area contributed by atoms with Gasteiger partial charge in [0.15, 0.2) is 0 Å². The number of para-hydroxylation sites is 2. The van der Waals surface area contributed by atoms with Crippen molar-refractivity contribution in [2.75, 3.05) is 0 Å². The molecule has 1 aromatic heterocycles. The molecule has 0 radical (unpaired) electrons. The fourth-order valence-electron chi connectivity index (χ4n) is 8.28. The molecule has 9 aromatic carbocycles. The van der Waals surface area contributed by atoms with Crippen molar-refractivity contribution in [3.8, 4) is 50.2 Å². The molecule has 0 saturated carbocycles. The van der Waals surface area contributed by atoms with Crippen LogP contribution in [0.5, 0.6) is 0 Å². The first kappa shape index (κ1) is 31.0.